The number of piperazine rings is 1. The largest absolute Gasteiger partial charge is 0.348 e. The lowest BCUT2D eigenvalue weighted by Gasteiger charge is -2.34. The van der Waals surface area contributed by atoms with E-state index in [1.54, 1.807) is 12.1 Å². The second-order valence-corrected chi connectivity index (χ2v) is 9.15. The van der Waals surface area contributed by atoms with Crippen molar-refractivity contribution in [2.24, 2.45) is 0 Å². The van der Waals surface area contributed by atoms with Gasteiger partial charge < -0.3 is 10.6 Å². The zero-order chi connectivity index (χ0) is 23.3. The third-order valence-corrected chi connectivity index (χ3v) is 6.45. The molecule has 1 unspecified atom stereocenters. The number of halogens is 2. The van der Waals surface area contributed by atoms with Crippen LogP contribution in [0.25, 0.3) is 0 Å². The highest BCUT2D eigenvalue weighted by Gasteiger charge is 2.22. The molecule has 0 spiro atoms. The Morgan fingerprint density at radius 3 is 2.22 bits per heavy atom. The molecule has 2 amide bonds. The van der Waals surface area contributed by atoms with Crippen molar-refractivity contribution in [3.63, 3.8) is 0 Å². The number of nitrogens with zero attached hydrogens (tertiary/aromatic N) is 2. The molecule has 172 valence electrons. The molecule has 8 heteroatoms. The van der Waals surface area contributed by atoms with Crippen molar-refractivity contribution >= 4 is 40.7 Å². The average Bonchev–Trinajstić information content (AvgIpc) is 2.72. The first-order valence-electron chi connectivity index (χ1n) is 10.8. The summed E-state index contributed by atoms with van der Waals surface area (Å²) in [7, 11) is 0. The van der Waals surface area contributed by atoms with E-state index >= 15 is 0 Å². The number of carbonyl (C=O) groups is 2. The molecule has 1 aliphatic heterocycles. The van der Waals surface area contributed by atoms with Crippen molar-refractivity contribution in [1.29, 1.82) is 0 Å². The van der Waals surface area contributed by atoms with Crippen molar-refractivity contribution in [2.75, 3.05) is 44.6 Å². The monoisotopic (exact) mass is 476 g/mol. The molecule has 2 aromatic rings. The standard InChI is InChI=1S/C24H30Cl2N4O2/c1-16-5-4-6-22(17(16)2)28-24(32)15-30-11-9-29(10-12-30)14-23(31)27-18(3)20-8-7-19(25)13-21(20)26/h4-8,13,18H,9-12,14-15H2,1-3H3,(H,27,31)(H,28,32). The van der Waals surface area contributed by atoms with Crippen LogP contribution in [0.3, 0.4) is 0 Å². The number of nitrogens with one attached hydrogen (secondary N) is 2. The number of anilines is 1. The first-order valence-corrected chi connectivity index (χ1v) is 11.5. The molecule has 1 fully saturated rings. The summed E-state index contributed by atoms with van der Waals surface area (Å²) in [4.78, 5) is 29.2. The predicted molar refractivity (Wildman–Crippen MR) is 130 cm³/mol. The van der Waals surface area contributed by atoms with E-state index in [4.69, 9.17) is 23.2 Å². The molecule has 1 saturated heterocycles. The van der Waals surface area contributed by atoms with Gasteiger partial charge in [-0.05, 0) is 55.7 Å². The van der Waals surface area contributed by atoms with Gasteiger partial charge in [-0.15, -0.1) is 0 Å². The molecule has 1 aliphatic rings. The van der Waals surface area contributed by atoms with Crippen molar-refractivity contribution in [3.8, 4) is 0 Å². The van der Waals surface area contributed by atoms with E-state index in [1.165, 1.54) is 0 Å². The molecule has 1 atom stereocenters. The molecule has 0 bridgehead atoms. The van der Waals surface area contributed by atoms with Crippen LogP contribution in [0.1, 0.15) is 29.7 Å². The lowest BCUT2D eigenvalue weighted by Crippen LogP contribution is -2.51. The predicted octanol–water partition coefficient (Wildman–Crippen LogP) is 4.04. The van der Waals surface area contributed by atoms with Gasteiger partial charge in [0.2, 0.25) is 11.8 Å². The Balaban J connectivity index is 1.41. The summed E-state index contributed by atoms with van der Waals surface area (Å²) < 4.78 is 0. The summed E-state index contributed by atoms with van der Waals surface area (Å²) in [6, 6.07) is 11.0. The maximum Gasteiger partial charge on any atom is 0.238 e. The van der Waals surface area contributed by atoms with E-state index in [-0.39, 0.29) is 17.9 Å². The van der Waals surface area contributed by atoms with E-state index in [2.05, 4.69) is 20.4 Å². The van der Waals surface area contributed by atoms with Crippen LogP contribution in [0.4, 0.5) is 5.69 Å². The highest BCUT2D eigenvalue weighted by molar-refractivity contribution is 6.35. The molecule has 1 heterocycles. The second-order valence-electron chi connectivity index (χ2n) is 8.30. The van der Waals surface area contributed by atoms with Gasteiger partial charge in [-0.3, -0.25) is 19.4 Å². The third-order valence-electron chi connectivity index (χ3n) is 5.88. The van der Waals surface area contributed by atoms with Crippen LogP contribution in [-0.2, 0) is 9.59 Å². The summed E-state index contributed by atoms with van der Waals surface area (Å²) in [5.74, 6) is -0.0665. The van der Waals surface area contributed by atoms with Gasteiger partial charge in [0, 0.05) is 41.9 Å². The topological polar surface area (TPSA) is 64.7 Å². The Bertz CT molecular complexity index is 974. The Morgan fingerprint density at radius 2 is 1.59 bits per heavy atom. The van der Waals surface area contributed by atoms with E-state index in [0.29, 0.717) is 23.1 Å². The van der Waals surface area contributed by atoms with Gasteiger partial charge in [0.25, 0.3) is 0 Å². The first kappa shape index (κ1) is 24.5. The molecular formula is C24H30Cl2N4O2. The molecular weight excluding hydrogens is 447 g/mol. The maximum atomic E-state index is 12.5. The molecule has 32 heavy (non-hydrogen) atoms. The number of carbonyl (C=O) groups excluding carboxylic acids is 2. The third kappa shape index (κ3) is 6.69. The highest BCUT2D eigenvalue weighted by Crippen LogP contribution is 2.26. The van der Waals surface area contributed by atoms with Crippen molar-refractivity contribution in [2.45, 2.75) is 26.8 Å². The van der Waals surface area contributed by atoms with E-state index < -0.39 is 0 Å². The maximum absolute atomic E-state index is 12.5. The van der Waals surface area contributed by atoms with Gasteiger partial charge >= 0.3 is 0 Å². The summed E-state index contributed by atoms with van der Waals surface area (Å²) in [6.45, 7) is 9.57. The lowest BCUT2D eigenvalue weighted by atomic mass is 10.1. The second kappa shape index (κ2) is 11.1. The molecule has 0 radical (unpaired) electrons. The molecule has 0 aliphatic carbocycles. The van der Waals surface area contributed by atoms with Crippen LogP contribution in [0.15, 0.2) is 36.4 Å². The van der Waals surface area contributed by atoms with Crippen LogP contribution in [0.5, 0.6) is 0 Å². The number of benzene rings is 2. The van der Waals surface area contributed by atoms with Gasteiger partial charge in [0.1, 0.15) is 0 Å². The first-order chi connectivity index (χ1) is 15.2. The molecule has 3 rings (SSSR count). The Labute approximate surface area is 199 Å². The number of aryl methyl sites for hydroxylation is 1. The van der Waals surface area contributed by atoms with Crippen LogP contribution in [-0.4, -0.2) is 60.9 Å². The normalized spacial score (nSPS) is 15.9. The summed E-state index contributed by atoms with van der Waals surface area (Å²) in [5, 5.41) is 7.12. The summed E-state index contributed by atoms with van der Waals surface area (Å²) in [5.41, 5.74) is 3.94. The van der Waals surface area contributed by atoms with E-state index in [1.807, 2.05) is 45.0 Å². The van der Waals surface area contributed by atoms with Gasteiger partial charge in [0.15, 0.2) is 0 Å². The lowest BCUT2D eigenvalue weighted by molar-refractivity contribution is -0.124. The fourth-order valence-corrected chi connectivity index (χ4v) is 4.38. The van der Waals surface area contributed by atoms with Gasteiger partial charge in [-0.2, -0.15) is 0 Å². The highest BCUT2D eigenvalue weighted by atomic mass is 35.5. The number of rotatable bonds is 7. The minimum absolute atomic E-state index is 0.0152. The minimum Gasteiger partial charge on any atom is -0.348 e. The smallest absolute Gasteiger partial charge is 0.238 e. The fourth-order valence-electron chi connectivity index (χ4n) is 3.81. The molecule has 0 aromatic heterocycles. The SMILES string of the molecule is Cc1cccc(NC(=O)CN2CCN(CC(=O)NC(C)c3ccc(Cl)cc3Cl)CC2)c1C. The minimum atomic E-state index is -0.206. The number of hydrogen-bond donors (Lipinski definition) is 2. The van der Waals surface area contributed by atoms with E-state index in [0.717, 1.165) is 48.6 Å². The Kier molecular flexibility index (Phi) is 8.54. The molecule has 0 saturated carbocycles. The summed E-state index contributed by atoms with van der Waals surface area (Å²) >= 11 is 12.2. The van der Waals surface area contributed by atoms with Crippen LogP contribution < -0.4 is 10.6 Å². The number of hydrogen-bond acceptors (Lipinski definition) is 4. The van der Waals surface area contributed by atoms with Crippen molar-refractivity contribution in [3.05, 3.63) is 63.1 Å². The Hall–Kier alpha value is -2.12. The van der Waals surface area contributed by atoms with Crippen LogP contribution >= 0.6 is 23.2 Å². The van der Waals surface area contributed by atoms with Crippen LogP contribution in [0, 0.1) is 13.8 Å². The average molecular weight is 477 g/mol. The molecule has 2 aromatic carbocycles. The quantitative estimate of drug-likeness (QED) is 0.632. The molecule has 6 nitrogen and oxygen atoms in total. The van der Waals surface area contributed by atoms with Gasteiger partial charge in [-0.1, -0.05) is 41.4 Å². The van der Waals surface area contributed by atoms with E-state index in [9.17, 15) is 9.59 Å². The Morgan fingerprint density at radius 1 is 0.969 bits per heavy atom. The molecule has 2 N–H and O–H groups in total. The zero-order valence-electron chi connectivity index (χ0n) is 18.8. The zero-order valence-corrected chi connectivity index (χ0v) is 20.3. The van der Waals surface area contributed by atoms with Gasteiger partial charge in [-0.25, -0.2) is 0 Å². The van der Waals surface area contributed by atoms with Crippen LogP contribution in [0.2, 0.25) is 10.0 Å². The van der Waals surface area contributed by atoms with Crippen molar-refractivity contribution in [1.82, 2.24) is 15.1 Å². The summed E-state index contributed by atoms with van der Waals surface area (Å²) in [6.07, 6.45) is 0. The van der Waals surface area contributed by atoms with Gasteiger partial charge in [0.05, 0.1) is 19.1 Å². The van der Waals surface area contributed by atoms with Crippen molar-refractivity contribution < 1.29 is 9.59 Å². The number of amides is 2. The fraction of sp³-hybridized carbons (Fsp3) is 0.417.